The first-order valence-electron chi connectivity index (χ1n) is 5.64. The van der Waals surface area contributed by atoms with Crippen LogP contribution in [0, 0.1) is 11.3 Å². The van der Waals surface area contributed by atoms with Gasteiger partial charge in [-0.3, -0.25) is 0 Å². The van der Waals surface area contributed by atoms with Crippen LogP contribution in [0.15, 0.2) is 22.9 Å². The maximum atomic E-state index is 8.79. The van der Waals surface area contributed by atoms with E-state index in [4.69, 9.17) is 14.5 Å². The minimum absolute atomic E-state index is 0.208. The molecule has 2 aromatic rings. The predicted octanol–water partition coefficient (Wildman–Crippen LogP) is 1.51. The molecule has 0 bridgehead atoms. The zero-order valence-corrected chi connectivity index (χ0v) is 9.54. The first-order valence-corrected chi connectivity index (χ1v) is 5.64. The Morgan fingerprint density at radius 3 is 3.17 bits per heavy atom. The molecule has 0 aromatic carbocycles. The minimum Gasteiger partial charge on any atom is -0.381 e. The first-order chi connectivity index (χ1) is 8.86. The van der Waals surface area contributed by atoms with Crippen LogP contribution < -0.4 is 0 Å². The van der Waals surface area contributed by atoms with Gasteiger partial charge in [0.15, 0.2) is 5.82 Å². The van der Waals surface area contributed by atoms with Crippen molar-refractivity contribution in [3.8, 4) is 17.5 Å². The van der Waals surface area contributed by atoms with E-state index in [9.17, 15) is 0 Å². The fraction of sp³-hybridized carbons (Fsp3) is 0.333. The van der Waals surface area contributed by atoms with Crippen molar-refractivity contribution in [1.29, 1.82) is 5.26 Å². The molecule has 90 valence electrons. The number of hydrogen-bond acceptors (Lipinski definition) is 6. The summed E-state index contributed by atoms with van der Waals surface area (Å²) in [5, 5.41) is 12.8. The molecule has 1 aliphatic rings. The van der Waals surface area contributed by atoms with Gasteiger partial charge in [0.05, 0.1) is 6.61 Å². The van der Waals surface area contributed by atoms with Gasteiger partial charge in [0.2, 0.25) is 0 Å². The van der Waals surface area contributed by atoms with E-state index in [0.29, 0.717) is 29.6 Å². The summed E-state index contributed by atoms with van der Waals surface area (Å²) in [6, 6.07) is 5.34. The van der Waals surface area contributed by atoms with Crippen LogP contribution in [0.25, 0.3) is 11.5 Å². The average Bonchev–Trinajstić information content (AvgIpc) is 3.09. The molecule has 1 atom stereocenters. The third kappa shape index (κ3) is 1.96. The van der Waals surface area contributed by atoms with Gasteiger partial charge < -0.3 is 9.26 Å². The summed E-state index contributed by atoms with van der Waals surface area (Å²) >= 11 is 0. The summed E-state index contributed by atoms with van der Waals surface area (Å²) in [6.07, 6.45) is 2.47. The molecule has 1 aliphatic heterocycles. The van der Waals surface area contributed by atoms with Crippen LogP contribution in [-0.4, -0.2) is 28.3 Å². The van der Waals surface area contributed by atoms with Gasteiger partial charge in [-0.25, -0.2) is 4.98 Å². The van der Waals surface area contributed by atoms with Crippen molar-refractivity contribution in [2.75, 3.05) is 13.2 Å². The molecule has 1 saturated heterocycles. The second kappa shape index (κ2) is 4.55. The maximum absolute atomic E-state index is 8.79. The summed E-state index contributed by atoms with van der Waals surface area (Å²) < 4.78 is 10.5. The summed E-state index contributed by atoms with van der Waals surface area (Å²) in [7, 11) is 0. The van der Waals surface area contributed by atoms with Gasteiger partial charge >= 0.3 is 0 Å². The quantitative estimate of drug-likeness (QED) is 0.793. The number of nitriles is 1. The highest BCUT2D eigenvalue weighted by Gasteiger charge is 2.23. The van der Waals surface area contributed by atoms with Crippen LogP contribution in [0.4, 0.5) is 0 Å². The van der Waals surface area contributed by atoms with E-state index < -0.39 is 0 Å². The van der Waals surface area contributed by atoms with Gasteiger partial charge in [0.1, 0.15) is 11.8 Å². The van der Waals surface area contributed by atoms with E-state index in [2.05, 4.69) is 15.1 Å². The molecular formula is C12H10N4O2. The number of rotatable bonds is 2. The van der Waals surface area contributed by atoms with Crippen LogP contribution >= 0.6 is 0 Å². The number of ether oxygens (including phenoxy) is 1. The van der Waals surface area contributed by atoms with Crippen LogP contribution in [0.2, 0.25) is 0 Å². The lowest BCUT2D eigenvalue weighted by molar-refractivity contribution is 0.192. The molecule has 3 rings (SSSR count). The van der Waals surface area contributed by atoms with E-state index in [1.807, 2.05) is 6.07 Å². The largest absolute Gasteiger partial charge is 0.381 e. The smallest absolute Gasteiger partial charge is 0.258 e. The number of pyridine rings is 1. The summed E-state index contributed by atoms with van der Waals surface area (Å²) in [6.45, 7) is 1.38. The van der Waals surface area contributed by atoms with Crippen molar-refractivity contribution < 1.29 is 9.26 Å². The van der Waals surface area contributed by atoms with Gasteiger partial charge in [-0.15, -0.1) is 0 Å². The fourth-order valence-electron chi connectivity index (χ4n) is 1.88. The van der Waals surface area contributed by atoms with Crippen molar-refractivity contribution >= 4 is 0 Å². The Morgan fingerprint density at radius 2 is 2.39 bits per heavy atom. The topological polar surface area (TPSA) is 84.8 Å². The van der Waals surface area contributed by atoms with Crippen LogP contribution in [-0.2, 0) is 4.74 Å². The van der Waals surface area contributed by atoms with Crippen molar-refractivity contribution in [2.45, 2.75) is 12.3 Å². The van der Waals surface area contributed by atoms with E-state index >= 15 is 0 Å². The molecule has 0 N–H and O–H groups in total. The number of nitrogens with zero attached hydrogens (tertiary/aromatic N) is 4. The Bertz CT molecular complexity index is 596. The third-order valence-corrected chi connectivity index (χ3v) is 2.86. The minimum atomic E-state index is 0.208. The highest BCUT2D eigenvalue weighted by atomic mass is 16.5. The maximum Gasteiger partial charge on any atom is 0.258 e. The molecule has 1 unspecified atom stereocenters. The molecule has 6 heteroatoms. The average molecular weight is 242 g/mol. The summed E-state index contributed by atoms with van der Waals surface area (Å²) in [5.41, 5.74) is 1.04. The normalized spacial score (nSPS) is 18.7. The van der Waals surface area contributed by atoms with Crippen molar-refractivity contribution in [1.82, 2.24) is 15.1 Å². The Morgan fingerprint density at radius 1 is 1.44 bits per heavy atom. The van der Waals surface area contributed by atoms with Crippen LogP contribution in [0.3, 0.4) is 0 Å². The van der Waals surface area contributed by atoms with E-state index in [0.717, 1.165) is 13.0 Å². The SMILES string of the molecule is N#Cc1cc(-c2nc(C3CCOC3)no2)ccn1. The van der Waals surface area contributed by atoms with E-state index in [1.54, 1.807) is 18.3 Å². The van der Waals surface area contributed by atoms with Crippen molar-refractivity contribution in [3.63, 3.8) is 0 Å². The molecule has 0 amide bonds. The second-order valence-electron chi connectivity index (χ2n) is 4.06. The van der Waals surface area contributed by atoms with Crippen molar-refractivity contribution in [3.05, 3.63) is 29.8 Å². The molecule has 1 fully saturated rings. The molecule has 0 radical (unpaired) electrons. The molecular weight excluding hydrogens is 232 g/mol. The molecule has 0 spiro atoms. The van der Waals surface area contributed by atoms with E-state index in [-0.39, 0.29) is 5.92 Å². The number of aromatic nitrogens is 3. The Kier molecular flexibility index (Phi) is 2.74. The molecule has 18 heavy (non-hydrogen) atoms. The molecule has 0 saturated carbocycles. The zero-order chi connectivity index (χ0) is 12.4. The highest BCUT2D eigenvalue weighted by Crippen LogP contribution is 2.25. The van der Waals surface area contributed by atoms with E-state index in [1.165, 1.54) is 0 Å². The van der Waals surface area contributed by atoms with Gasteiger partial charge in [0.25, 0.3) is 5.89 Å². The monoisotopic (exact) mass is 242 g/mol. The standard InChI is InChI=1S/C12H10N4O2/c13-6-10-5-8(1-3-14-10)12-15-11(16-18-12)9-2-4-17-7-9/h1,3,5,9H,2,4,7H2. The Balaban J connectivity index is 1.90. The fourth-order valence-corrected chi connectivity index (χ4v) is 1.88. The van der Waals surface area contributed by atoms with Gasteiger partial charge in [-0.05, 0) is 18.6 Å². The molecule has 3 heterocycles. The molecule has 6 nitrogen and oxygen atoms in total. The first kappa shape index (κ1) is 10.9. The Hall–Kier alpha value is -2.26. The highest BCUT2D eigenvalue weighted by molar-refractivity contribution is 5.54. The van der Waals surface area contributed by atoms with Crippen LogP contribution in [0.5, 0.6) is 0 Å². The Labute approximate surface area is 103 Å². The van der Waals surface area contributed by atoms with Gasteiger partial charge in [-0.1, -0.05) is 5.16 Å². The second-order valence-corrected chi connectivity index (χ2v) is 4.06. The lowest BCUT2D eigenvalue weighted by Gasteiger charge is -1.97. The van der Waals surface area contributed by atoms with Gasteiger partial charge in [-0.2, -0.15) is 10.2 Å². The summed E-state index contributed by atoms with van der Waals surface area (Å²) in [5.74, 6) is 1.29. The van der Waals surface area contributed by atoms with Crippen molar-refractivity contribution in [2.24, 2.45) is 0 Å². The van der Waals surface area contributed by atoms with Crippen LogP contribution in [0.1, 0.15) is 23.9 Å². The lowest BCUT2D eigenvalue weighted by Crippen LogP contribution is -1.99. The third-order valence-electron chi connectivity index (χ3n) is 2.86. The lowest BCUT2D eigenvalue weighted by atomic mass is 10.1. The zero-order valence-electron chi connectivity index (χ0n) is 9.54. The molecule has 2 aromatic heterocycles. The predicted molar refractivity (Wildman–Crippen MR) is 60.4 cm³/mol. The van der Waals surface area contributed by atoms with Gasteiger partial charge in [0, 0.05) is 24.3 Å². The number of hydrogen-bond donors (Lipinski definition) is 0. The summed E-state index contributed by atoms with van der Waals surface area (Å²) in [4.78, 5) is 8.24. The molecule has 0 aliphatic carbocycles.